The first-order chi connectivity index (χ1) is 7.25. The molecule has 0 aromatic carbocycles. The van der Waals surface area contributed by atoms with E-state index in [1.165, 1.54) is 37.2 Å². The Morgan fingerprint density at radius 1 is 1.53 bits per heavy atom. The maximum Gasteiger partial charge on any atom is 0.0535 e. The van der Waals surface area contributed by atoms with Gasteiger partial charge in [-0.15, -0.1) is 0 Å². The van der Waals surface area contributed by atoms with Gasteiger partial charge in [0.25, 0.3) is 0 Å². The first-order valence-corrected chi connectivity index (χ1v) is 5.66. The molecule has 0 aliphatic carbocycles. The number of hydrogen-bond acceptors (Lipinski definition) is 3. The van der Waals surface area contributed by atoms with Gasteiger partial charge in [-0.05, 0) is 39.9 Å². The lowest BCUT2D eigenvalue weighted by molar-refractivity contribution is 0.234. The average molecular weight is 208 g/mol. The molecule has 1 aromatic rings. The molecule has 1 saturated heterocycles. The second kappa shape index (κ2) is 4.77. The fourth-order valence-corrected chi connectivity index (χ4v) is 2.02. The van der Waals surface area contributed by atoms with Crippen molar-refractivity contribution in [3.05, 3.63) is 17.5 Å². The summed E-state index contributed by atoms with van der Waals surface area (Å²) in [5, 5.41) is 10.6. The highest BCUT2D eigenvalue weighted by Gasteiger charge is 2.15. The number of hydrogen-bond donors (Lipinski definition) is 2. The molecular weight excluding hydrogens is 188 g/mol. The lowest BCUT2D eigenvalue weighted by Crippen LogP contribution is -2.40. The Hall–Kier alpha value is -0.870. The van der Waals surface area contributed by atoms with E-state index in [1.54, 1.807) is 0 Å². The topological polar surface area (TPSA) is 44.0 Å². The predicted molar refractivity (Wildman–Crippen MR) is 60.7 cm³/mol. The Kier molecular flexibility index (Phi) is 3.38. The summed E-state index contributed by atoms with van der Waals surface area (Å²) in [4.78, 5) is 2.39. The second-order valence-corrected chi connectivity index (χ2v) is 4.48. The molecule has 0 bridgehead atoms. The molecule has 1 fully saturated rings. The van der Waals surface area contributed by atoms with Crippen LogP contribution in [0.4, 0.5) is 0 Å². The van der Waals surface area contributed by atoms with E-state index >= 15 is 0 Å². The number of aryl methyl sites for hydroxylation is 1. The van der Waals surface area contributed by atoms with Gasteiger partial charge in [0, 0.05) is 23.8 Å². The van der Waals surface area contributed by atoms with E-state index in [0.29, 0.717) is 6.04 Å². The van der Waals surface area contributed by atoms with E-state index in [0.717, 1.165) is 6.54 Å². The number of rotatable bonds is 3. The molecule has 4 nitrogen and oxygen atoms in total. The number of nitrogens with one attached hydrogen (secondary N) is 2. The van der Waals surface area contributed by atoms with Crippen LogP contribution in [0, 0.1) is 6.92 Å². The quantitative estimate of drug-likeness (QED) is 0.775. The Balaban J connectivity index is 1.77. The van der Waals surface area contributed by atoms with Crippen molar-refractivity contribution in [2.75, 3.05) is 20.1 Å². The number of piperidine rings is 1. The molecule has 2 rings (SSSR count). The van der Waals surface area contributed by atoms with Gasteiger partial charge >= 0.3 is 0 Å². The van der Waals surface area contributed by atoms with E-state index in [4.69, 9.17) is 0 Å². The highest BCUT2D eigenvalue weighted by atomic mass is 15.1. The average Bonchev–Trinajstić information content (AvgIpc) is 2.63. The van der Waals surface area contributed by atoms with Crippen molar-refractivity contribution in [2.45, 2.75) is 32.4 Å². The summed E-state index contributed by atoms with van der Waals surface area (Å²) in [6.07, 6.45) is 4.43. The molecule has 1 aliphatic heterocycles. The van der Waals surface area contributed by atoms with E-state index < -0.39 is 0 Å². The molecule has 15 heavy (non-hydrogen) atoms. The molecule has 0 atom stereocenters. The maximum absolute atomic E-state index is 4.02. The zero-order valence-corrected chi connectivity index (χ0v) is 9.58. The van der Waals surface area contributed by atoms with Gasteiger partial charge in [-0.2, -0.15) is 5.10 Å². The van der Waals surface area contributed by atoms with Gasteiger partial charge in [-0.3, -0.25) is 5.10 Å². The van der Waals surface area contributed by atoms with Crippen LogP contribution in [-0.2, 0) is 6.54 Å². The summed E-state index contributed by atoms with van der Waals surface area (Å²) in [6, 6.07) is 0.676. The van der Waals surface area contributed by atoms with E-state index in [-0.39, 0.29) is 0 Å². The first kappa shape index (κ1) is 10.6. The Morgan fingerprint density at radius 3 is 2.87 bits per heavy atom. The molecule has 0 radical (unpaired) electrons. The number of aromatic amines is 1. The summed E-state index contributed by atoms with van der Waals surface area (Å²) in [5.74, 6) is 0. The summed E-state index contributed by atoms with van der Waals surface area (Å²) < 4.78 is 0. The molecule has 0 amide bonds. The van der Waals surface area contributed by atoms with Crippen LogP contribution < -0.4 is 5.32 Å². The summed E-state index contributed by atoms with van der Waals surface area (Å²) >= 11 is 0. The van der Waals surface area contributed by atoms with Crippen LogP contribution in [0.1, 0.15) is 24.1 Å². The van der Waals surface area contributed by atoms with Crippen molar-refractivity contribution in [2.24, 2.45) is 0 Å². The maximum atomic E-state index is 4.02. The van der Waals surface area contributed by atoms with Gasteiger partial charge in [0.05, 0.1) is 6.20 Å². The predicted octanol–water partition coefficient (Wildman–Crippen LogP) is 0.902. The molecule has 4 heteroatoms. The minimum Gasteiger partial charge on any atom is -0.310 e. The largest absolute Gasteiger partial charge is 0.310 e. The number of aromatic nitrogens is 2. The zero-order valence-electron chi connectivity index (χ0n) is 9.58. The molecule has 1 aliphatic rings. The first-order valence-electron chi connectivity index (χ1n) is 5.66. The standard InChI is InChI=1S/C11H20N4/c1-9-10(8-13-14-9)7-12-11-3-5-15(2)6-4-11/h8,11-12H,3-7H2,1-2H3,(H,13,14). The molecule has 2 heterocycles. The highest BCUT2D eigenvalue weighted by molar-refractivity contribution is 5.13. The summed E-state index contributed by atoms with van der Waals surface area (Å²) in [5.41, 5.74) is 2.46. The van der Waals surface area contributed by atoms with Crippen molar-refractivity contribution in [3.63, 3.8) is 0 Å². The van der Waals surface area contributed by atoms with Gasteiger partial charge in [-0.1, -0.05) is 0 Å². The normalized spacial score (nSPS) is 19.6. The van der Waals surface area contributed by atoms with Gasteiger partial charge < -0.3 is 10.2 Å². The van der Waals surface area contributed by atoms with Gasteiger partial charge in [0.1, 0.15) is 0 Å². The van der Waals surface area contributed by atoms with Crippen LogP contribution in [0.2, 0.25) is 0 Å². The third-order valence-electron chi connectivity index (χ3n) is 3.23. The monoisotopic (exact) mass is 208 g/mol. The van der Waals surface area contributed by atoms with Crippen molar-refractivity contribution in [3.8, 4) is 0 Å². The highest BCUT2D eigenvalue weighted by Crippen LogP contribution is 2.10. The van der Waals surface area contributed by atoms with Crippen LogP contribution in [0.15, 0.2) is 6.20 Å². The fraction of sp³-hybridized carbons (Fsp3) is 0.727. The third kappa shape index (κ3) is 2.79. The molecule has 2 N–H and O–H groups in total. The van der Waals surface area contributed by atoms with Crippen molar-refractivity contribution in [1.82, 2.24) is 20.4 Å². The smallest absolute Gasteiger partial charge is 0.0535 e. The number of likely N-dealkylation sites (tertiary alicyclic amines) is 1. The number of H-pyrrole nitrogens is 1. The van der Waals surface area contributed by atoms with Crippen molar-refractivity contribution in [1.29, 1.82) is 0 Å². The SMILES string of the molecule is Cc1[nH]ncc1CNC1CCN(C)CC1. The van der Waals surface area contributed by atoms with Crippen LogP contribution in [0.25, 0.3) is 0 Å². The van der Waals surface area contributed by atoms with Crippen molar-refractivity contribution < 1.29 is 0 Å². The van der Waals surface area contributed by atoms with E-state index in [1.807, 2.05) is 6.20 Å². The fourth-order valence-electron chi connectivity index (χ4n) is 2.02. The molecule has 84 valence electrons. The van der Waals surface area contributed by atoms with Gasteiger partial charge in [0.15, 0.2) is 0 Å². The Labute approximate surface area is 91.1 Å². The summed E-state index contributed by atoms with van der Waals surface area (Å²) in [6.45, 7) is 5.43. The molecule has 0 saturated carbocycles. The second-order valence-electron chi connectivity index (χ2n) is 4.48. The molecule has 0 unspecified atom stereocenters. The minimum absolute atomic E-state index is 0.676. The van der Waals surface area contributed by atoms with Gasteiger partial charge in [0.2, 0.25) is 0 Å². The van der Waals surface area contributed by atoms with Gasteiger partial charge in [-0.25, -0.2) is 0 Å². The minimum atomic E-state index is 0.676. The Bertz CT molecular complexity index is 299. The van der Waals surface area contributed by atoms with Crippen LogP contribution >= 0.6 is 0 Å². The van der Waals surface area contributed by atoms with E-state index in [9.17, 15) is 0 Å². The lowest BCUT2D eigenvalue weighted by Gasteiger charge is -2.29. The van der Waals surface area contributed by atoms with Crippen LogP contribution in [0.5, 0.6) is 0 Å². The zero-order chi connectivity index (χ0) is 10.7. The molecule has 1 aromatic heterocycles. The number of nitrogens with zero attached hydrogens (tertiary/aromatic N) is 2. The molecular formula is C11H20N4. The summed E-state index contributed by atoms with van der Waals surface area (Å²) in [7, 11) is 2.19. The molecule has 0 spiro atoms. The Morgan fingerprint density at radius 2 is 2.27 bits per heavy atom. The van der Waals surface area contributed by atoms with E-state index in [2.05, 4.69) is 34.4 Å². The van der Waals surface area contributed by atoms with Crippen molar-refractivity contribution >= 4 is 0 Å². The third-order valence-corrected chi connectivity index (χ3v) is 3.23. The van der Waals surface area contributed by atoms with Crippen LogP contribution in [0.3, 0.4) is 0 Å². The van der Waals surface area contributed by atoms with Crippen LogP contribution in [-0.4, -0.2) is 41.3 Å². The lowest BCUT2D eigenvalue weighted by atomic mass is 10.1.